The largest absolute Gasteiger partial charge is 0.496 e. The molecule has 0 aliphatic carbocycles. The number of non-ortho nitro benzene ring substituents is 1. The third kappa shape index (κ3) is 7.70. The van der Waals surface area contributed by atoms with Crippen molar-refractivity contribution in [1.29, 1.82) is 0 Å². The lowest BCUT2D eigenvalue weighted by Crippen LogP contribution is -2.12. The number of nitrogens with zero attached hydrogens (tertiary/aromatic N) is 3. The number of nitro groups is 1. The van der Waals surface area contributed by atoms with Gasteiger partial charge in [0.15, 0.2) is 17.3 Å². The van der Waals surface area contributed by atoms with E-state index in [4.69, 9.17) is 37.3 Å². The van der Waals surface area contributed by atoms with E-state index in [1.807, 2.05) is 0 Å². The van der Waals surface area contributed by atoms with E-state index in [0.29, 0.717) is 47.2 Å². The van der Waals surface area contributed by atoms with Crippen molar-refractivity contribution in [3.05, 3.63) is 62.8 Å². The second-order valence-electron chi connectivity index (χ2n) is 10.5. The molecule has 0 unspecified atom stereocenters. The monoisotopic (exact) mass is 759 g/mol. The Morgan fingerprint density at radius 1 is 0.827 bits per heavy atom. The van der Waals surface area contributed by atoms with Crippen molar-refractivity contribution in [3.63, 3.8) is 0 Å². The summed E-state index contributed by atoms with van der Waals surface area (Å²) in [5, 5.41) is 19.4. The molecule has 5 rings (SSSR count). The molecule has 0 saturated carbocycles. The van der Waals surface area contributed by atoms with Crippen molar-refractivity contribution >= 4 is 38.5 Å². The van der Waals surface area contributed by atoms with Crippen LogP contribution in [0.5, 0.6) is 34.5 Å². The van der Waals surface area contributed by atoms with Crippen molar-refractivity contribution in [1.82, 2.24) is 10.2 Å². The molecule has 3 aromatic carbocycles. The summed E-state index contributed by atoms with van der Waals surface area (Å²) in [5.74, 6) is 1.91. The minimum Gasteiger partial charge on any atom is -0.496 e. The van der Waals surface area contributed by atoms with Crippen LogP contribution < -0.4 is 33.8 Å². The van der Waals surface area contributed by atoms with E-state index < -0.39 is 20.5 Å². The molecule has 52 heavy (non-hydrogen) atoms. The highest BCUT2D eigenvalue weighted by molar-refractivity contribution is 7.99. The van der Waals surface area contributed by atoms with Gasteiger partial charge in [-0.1, -0.05) is 11.8 Å². The predicted molar refractivity (Wildman–Crippen MR) is 187 cm³/mol. The van der Waals surface area contributed by atoms with Crippen LogP contribution in [-0.2, 0) is 14.3 Å². The number of ether oxygens (including phenoxy) is 6. The summed E-state index contributed by atoms with van der Waals surface area (Å²) in [6.07, 6.45) is 1.03. The first-order valence-corrected chi connectivity index (χ1v) is 17.6. The quantitative estimate of drug-likeness (QED) is 0.0363. The summed E-state index contributed by atoms with van der Waals surface area (Å²) < 4.78 is 74.8. The SMILES string of the molecule is COc1cc(OC)c2c(=O)c(OCCCCSc3nnc(-c4cc([N+](=O)[O-])ccc4S(=O)(=O)OC)o3)c(-c3cc(OC)c(OC)c(OC)c3)oc2c1. The number of aromatic nitrogens is 2. The average Bonchev–Trinajstić information content (AvgIpc) is 3.64. The summed E-state index contributed by atoms with van der Waals surface area (Å²) in [7, 11) is 4.04. The average molecular weight is 760 g/mol. The molecular formula is C33H33N3O14S2. The van der Waals surface area contributed by atoms with Crippen molar-refractivity contribution < 1.29 is 54.8 Å². The molecule has 5 aromatic rings. The van der Waals surface area contributed by atoms with Crippen molar-refractivity contribution in [2.45, 2.75) is 23.0 Å². The molecule has 0 N–H and O–H groups in total. The zero-order valence-corrected chi connectivity index (χ0v) is 30.4. The van der Waals surface area contributed by atoms with Crippen LogP contribution in [0, 0.1) is 10.1 Å². The first-order chi connectivity index (χ1) is 25.0. The molecule has 17 nitrogen and oxygen atoms in total. The summed E-state index contributed by atoms with van der Waals surface area (Å²) in [4.78, 5) is 24.3. The van der Waals surface area contributed by atoms with Gasteiger partial charge in [0.05, 0.1) is 59.8 Å². The van der Waals surface area contributed by atoms with Crippen molar-refractivity contribution in [2.75, 3.05) is 55.0 Å². The van der Waals surface area contributed by atoms with Crippen LogP contribution in [0.4, 0.5) is 5.69 Å². The van der Waals surface area contributed by atoms with Gasteiger partial charge in [-0.2, -0.15) is 8.42 Å². The fourth-order valence-electron chi connectivity index (χ4n) is 5.08. The maximum absolute atomic E-state index is 14.0. The van der Waals surface area contributed by atoms with Gasteiger partial charge >= 0.3 is 0 Å². The zero-order chi connectivity index (χ0) is 37.6. The maximum atomic E-state index is 14.0. The van der Waals surface area contributed by atoms with Crippen LogP contribution in [0.25, 0.3) is 33.7 Å². The van der Waals surface area contributed by atoms with E-state index in [2.05, 4.69) is 14.4 Å². The molecule has 0 radical (unpaired) electrons. The molecule has 0 bridgehead atoms. The van der Waals surface area contributed by atoms with Crippen molar-refractivity contribution in [3.8, 4) is 57.3 Å². The molecule has 0 aliphatic rings. The lowest BCUT2D eigenvalue weighted by molar-refractivity contribution is -0.384. The van der Waals surface area contributed by atoms with Gasteiger partial charge in [-0.05, 0) is 31.0 Å². The highest BCUT2D eigenvalue weighted by Crippen LogP contribution is 2.44. The molecular weight excluding hydrogens is 727 g/mol. The fraction of sp³-hybridized carbons (Fsp3) is 0.303. The Morgan fingerprint density at radius 3 is 2.15 bits per heavy atom. The van der Waals surface area contributed by atoms with E-state index in [-0.39, 0.29) is 62.1 Å². The number of unbranched alkanes of at least 4 members (excludes halogenated alkanes) is 1. The Bertz CT molecular complexity index is 2250. The highest BCUT2D eigenvalue weighted by atomic mass is 32.2. The van der Waals surface area contributed by atoms with Gasteiger partial charge in [0.1, 0.15) is 27.4 Å². The number of fused-ring (bicyclic) bond motifs is 1. The lowest BCUT2D eigenvalue weighted by Gasteiger charge is -2.17. The standard InChI is InChI=1S/C33H33N3O14S2/c1-42-20-16-22(43-2)27-23(17-20)49-29(18-13-24(44-3)30(46-5)25(14-18)45-4)31(28(27)37)48-11-7-8-12-51-33-35-34-32(50-33)21-15-19(36(38)39)9-10-26(21)52(40,41)47-6/h9-10,13-17H,7-8,11-12H2,1-6H3. The topological polar surface area (TPSA) is 211 Å². The maximum Gasteiger partial charge on any atom is 0.297 e. The second kappa shape index (κ2) is 16.2. The number of nitro benzene ring substituents is 1. The van der Waals surface area contributed by atoms with Crippen molar-refractivity contribution in [2.24, 2.45) is 0 Å². The molecule has 0 atom stereocenters. The third-order valence-electron chi connectivity index (χ3n) is 7.58. The van der Waals surface area contributed by atoms with Crippen LogP contribution in [0.3, 0.4) is 0 Å². The molecule has 0 fully saturated rings. The van der Waals surface area contributed by atoms with Crippen LogP contribution in [0.1, 0.15) is 12.8 Å². The Labute approximate surface area is 301 Å². The third-order valence-corrected chi connectivity index (χ3v) is 9.82. The normalized spacial score (nSPS) is 11.3. The first kappa shape index (κ1) is 37.7. The minimum absolute atomic E-state index is 0.0711. The predicted octanol–water partition coefficient (Wildman–Crippen LogP) is 5.75. The van der Waals surface area contributed by atoms with Crippen LogP contribution >= 0.6 is 11.8 Å². The van der Waals surface area contributed by atoms with Crippen LogP contribution in [0.15, 0.2) is 66.2 Å². The van der Waals surface area contributed by atoms with E-state index in [1.54, 1.807) is 24.3 Å². The summed E-state index contributed by atoms with van der Waals surface area (Å²) in [5.41, 5.74) is -0.406. The molecule has 0 saturated heterocycles. The molecule has 0 amide bonds. The summed E-state index contributed by atoms with van der Waals surface area (Å²) in [6.45, 7) is 0.105. The van der Waals surface area contributed by atoms with Crippen LogP contribution in [0.2, 0.25) is 0 Å². The Morgan fingerprint density at radius 2 is 1.54 bits per heavy atom. The lowest BCUT2D eigenvalue weighted by atomic mass is 10.1. The van der Waals surface area contributed by atoms with Gasteiger partial charge in [0.2, 0.25) is 22.8 Å². The number of benzene rings is 3. The molecule has 0 spiro atoms. The number of hydrogen-bond donors (Lipinski definition) is 0. The van der Waals surface area contributed by atoms with E-state index >= 15 is 0 Å². The number of hydrogen-bond acceptors (Lipinski definition) is 17. The number of methoxy groups -OCH3 is 5. The molecule has 0 aliphatic heterocycles. The highest BCUT2D eigenvalue weighted by Gasteiger charge is 2.27. The van der Waals surface area contributed by atoms with Gasteiger partial charge < -0.3 is 37.3 Å². The molecule has 276 valence electrons. The Hall–Kier alpha value is -5.53. The number of thioether (sulfide) groups is 1. The zero-order valence-electron chi connectivity index (χ0n) is 28.7. The first-order valence-electron chi connectivity index (χ1n) is 15.2. The van der Waals surface area contributed by atoms with Gasteiger partial charge in [-0.15, -0.1) is 10.2 Å². The fourth-order valence-corrected chi connectivity index (χ4v) is 6.67. The molecule has 2 heterocycles. The van der Waals surface area contributed by atoms with Gasteiger partial charge in [0, 0.05) is 35.6 Å². The summed E-state index contributed by atoms with van der Waals surface area (Å²) in [6, 6.07) is 9.50. The van der Waals surface area contributed by atoms with E-state index in [0.717, 1.165) is 25.3 Å². The van der Waals surface area contributed by atoms with Gasteiger partial charge in [-0.25, -0.2) is 0 Å². The van der Waals surface area contributed by atoms with E-state index in [9.17, 15) is 23.3 Å². The molecule has 2 aromatic heterocycles. The van der Waals surface area contributed by atoms with Gasteiger partial charge in [-0.3, -0.25) is 19.1 Å². The van der Waals surface area contributed by atoms with E-state index in [1.165, 1.54) is 47.3 Å². The Balaban J connectivity index is 1.36. The second-order valence-corrected chi connectivity index (χ2v) is 13.3. The molecule has 19 heteroatoms. The number of rotatable bonds is 17. The smallest absolute Gasteiger partial charge is 0.297 e. The van der Waals surface area contributed by atoms with Crippen LogP contribution in [-0.4, -0.2) is 78.6 Å². The Kier molecular flexibility index (Phi) is 11.8. The summed E-state index contributed by atoms with van der Waals surface area (Å²) >= 11 is 1.18. The minimum atomic E-state index is -4.24. The van der Waals surface area contributed by atoms with Gasteiger partial charge in [0.25, 0.3) is 21.0 Å².